The summed E-state index contributed by atoms with van der Waals surface area (Å²) < 4.78 is 0. The molecule has 0 bridgehead atoms. The van der Waals surface area contributed by atoms with Gasteiger partial charge in [0, 0.05) is 0 Å². The first-order valence-electron chi connectivity index (χ1n) is 4.72. The predicted molar refractivity (Wildman–Crippen MR) is 60.1 cm³/mol. The molecule has 1 nitrogen and oxygen atoms in total. The summed E-state index contributed by atoms with van der Waals surface area (Å²) in [6, 6.07) is 7.86. The van der Waals surface area contributed by atoms with Crippen LogP contribution >= 0.6 is 0 Å². The smallest absolute Gasteiger partial charge is 0.104 e. The highest BCUT2D eigenvalue weighted by atomic mass is 16.3. The molecule has 0 aromatic heterocycles. The molecule has 1 aromatic carbocycles. The van der Waals surface area contributed by atoms with Crippen molar-refractivity contribution >= 4 is 0 Å². The minimum atomic E-state index is -0.557. The lowest BCUT2D eigenvalue weighted by Gasteiger charge is -2.11. The SMILES string of the molecule is C=C/C(=C\C)C(O)c1ccc(C)cc1. The summed E-state index contributed by atoms with van der Waals surface area (Å²) in [5.74, 6) is 0. The average Bonchev–Trinajstić information content (AvgIpc) is 2.20. The third-order valence-electron chi connectivity index (χ3n) is 2.28. The van der Waals surface area contributed by atoms with E-state index in [0.29, 0.717) is 0 Å². The van der Waals surface area contributed by atoms with Gasteiger partial charge in [0.05, 0.1) is 0 Å². The molecule has 1 rings (SSSR count). The molecule has 0 aliphatic carbocycles. The normalized spacial score (nSPS) is 13.8. The Morgan fingerprint density at radius 3 is 2.36 bits per heavy atom. The molecule has 0 radical (unpaired) electrons. The lowest BCUT2D eigenvalue weighted by molar-refractivity contribution is 0.219. The molecule has 0 heterocycles. The Balaban J connectivity index is 2.94. The summed E-state index contributed by atoms with van der Waals surface area (Å²) in [6.07, 6.45) is 3.00. The average molecular weight is 188 g/mol. The van der Waals surface area contributed by atoms with Crippen LogP contribution in [0, 0.1) is 6.92 Å². The molecule has 0 fully saturated rings. The molecule has 1 atom stereocenters. The third kappa shape index (κ3) is 2.33. The molecule has 0 amide bonds. The fourth-order valence-electron chi connectivity index (χ4n) is 1.33. The van der Waals surface area contributed by atoms with Gasteiger partial charge in [-0.2, -0.15) is 0 Å². The maximum Gasteiger partial charge on any atom is 0.104 e. The van der Waals surface area contributed by atoms with Gasteiger partial charge in [-0.05, 0) is 25.0 Å². The molecular weight excluding hydrogens is 172 g/mol. The van der Waals surface area contributed by atoms with E-state index in [1.54, 1.807) is 6.08 Å². The molecule has 0 saturated heterocycles. The molecule has 1 unspecified atom stereocenters. The molecule has 1 N–H and O–H groups in total. The molecule has 0 aliphatic rings. The predicted octanol–water partition coefficient (Wildman–Crippen LogP) is 3.16. The van der Waals surface area contributed by atoms with Crippen molar-refractivity contribution in [1.82, 2.24) is 0 Å². The number of hydrogen-bond acceptors (Lipinski definition) is 1. The molecule has 1 aromatic rings. The second kappa shape index (κ2) is 4.77. The number of benzene rings is 1. The highest BCUT2D eigenvalue weighted by Crippen LogP contribution is 2.22. The van der Waals surface area contributed by atoms with E-state index in [0.717, 1.165) is 11.1 Å². The molecular formula is C13H16O. The van der Waals surface area contributed by atoms with E-state index >= 15 is 0 Å². The Morgan fingerprint density at radius 1 is 1.36 bits per heavy atom. The van der Waals surface area contributed by atoms with E-state index in [1.165, 1.54) is 5.56 Å². The van der Waals surface area contributed by atoms with Crippen molar-refractivity contribution in [3.05, 3.63) is 59.7 Å². The van der Waals surface area contributed by atoms with Crippen molar-refractivity contribution < 1.29 is 5.11 Å². The second-order valence-corrected chi connectivity index (χ2v) is 3.31. The summed E-state index contributed by atoms with van der Waals surface area (Å²) in [6.45, 7) is 7.59. The van der Waals surface area contributed by atoms with E-state index in [4.69, 9.17) is 0 Å². The van der Waals surface area contributed by atoms with Crippen LogP contribution in [0.25, 0.3) is 0 Å². The Labute approximate surface area is 85.4 Å². The molecule has 0 saturated carbocycles. The van der Waals surface area contributed by atoms with Crippen LogP contribution in [0.4, 0.5) is 0 Å². The molecule has 1 heteroatoms. The molecule has 74 valence electrons. The highest BCUT2D eigenvalue weighted by molar-refractivity contribution is 5.32. The standard InChI is InChI=1S/C13H16O/c1-4-11(5-2)13(14)12-8-6-10(3)7-9-12/h4-9,13-14H,1H2,2-3H3/b11-5+. The first kappa shape index (κ1) is 10.7. The number of aliphatic hydroxyl groups excluding tert-OH is 1. The van der Waals surface area contributed by atoms with Crippen LogP contribution in [0.5, 0.6) is 0 Å². The lowest BCUT2D eigenvalue weighted by Crippen LogP contribution is -1.99. The van der Waals surface area contributed by atoms with Crippen molar-refractivity contribution in [3.8, 4) is 0 Å². The molecule has 14 heavy (non-hydrogen) atoms. The number of rotatable bonds is 3. The fraction of sp³-hybridized carbons (Fsp3) is 0.231. The molecule has 0 aliphatic heterocycles. The van der Waals surface area contributed by atoms with Crippen molar-refractivity contribution in [1.29, 1.82) is 0 Å². The monoisotopic (exact) mass is 188 g/mol. The minimum absolute atomic E-state index is 0.557. The van der Waals surface area contributed by atoms with Crippen LogP contribution in [0.3, 0.4) is 0 Å². The van der Waals surface area contributed by atoms with Crippen molar-refractivity contribution in [2.24, 2.45) is 0 Å². The zero-order valence-electron chi connectivity index (χ0n) is 8.70. The van der Waals surface area contributed by atoms with Crippen LogP contribution in [-0.4, -0.2) is 5.11 Å². The number of allylic oxidation sites excluding steroid dienone is 1. The zero-order chi connectivity index (χ0) is 10.6. The van der Waals surface area contributed by atoms with Gasteiger partial charge in [0.25, 0.3) is 0 Å². The summed E-state index contributed by atoms with van der Waals surface area (Å²) >= 11 is 0. The van der Waals surface area contributed by atoms with Crippen molar-refractivity contribution in [2.75, 3.05) is 0 Å². The molecule has 0 spiro atoms. The van der Waals surface area contributed by atoms with Gasteiger partial charge in [-0.3, -0.25) is 0 Å². The first-order valence-corrected chi connectivity index (χ1v) is 4.72. The Kier molecular flexibility index (Phi) is 3.66. The number of aliphatic hydroxyl groups is 1. The van der Waals surface area contributed by atoms with Crippen LogP contribution in [0.15, 0.2) is 48.6 Å². The maximum atomic E-state index is 9.93. The quantitative estimate of drug-likeness (QED) is 0.722. The summed E-state index contributed by atoms with van der Waals surface area (Å²) in [4.78, 5) is 0. The van der Waals surface area contributed by atoms with Gasteiger partial charge in [0.15, 0.2) is 0 Å². The van der Waals surface area contributed by atoms with E-state index in [9.17, 15) is 5.11 Å². The van der Waals surface area contributed by atoms with Crippen LogP contribution < -0.4 is 0 Å². The number of hydrogen-bond donors (Lipinski definition) is 1. The van der Waals surface area contributed by atoms with E-state index in [1.807, 2.05) is 44.2 Å². The summed E-state index contributed by atoms with van der Waals surface area (Å²) in [5, 5.41) is 9.93. The van der Waals surface area contributed by atoms with Crippen molar-refractivity contribution in [2.45, 2.75) is 20.0 Å². The second-order valence-electron chi connectivity index (χ2n) is 3.31. The van der Waals surface area contributed by atoms with E-state index in [2.05, 4.69) is 6.58 Å². The van der Waals surface area contributed by atoms with E-state index in [-0.39, 0.29) is 0 Å². The van der Waals surface area contributed by atoms with Gasteiger partial charge >= 0.3 is 0 Å². The van der Waals surface area contributed by atoms with Gasteiger partial charge in [-0.15, -0.1) is 0 Å². The minimum Gasteiger partial charge on any atom is -0.384 e. The lowest BCUT2D eigenvalue weighted by atomic mass is 10.0. The highest BCUT2D eigenvalue weighted by Gasteiger charge is 2.08. The van der Waals surface area contributed by atoms with E-state index < -0.39 is 6.10 Å². The Morgan fingerprint density at radius 2 is 1.93 bits per heavy atom. The Bertz CT molecular complexity index is 333. The van der Waals surface area contributed by atoms with Gasteiger partial charge < -0.3 is 5.11 Å². The van der Waals surface area contributed by atoms with Gasteiger partial charge in [-0.1, -0.05) is 48.6 Å². The van der Waals surface area contributed by atoms with Crippen LogP contribution in [0.1, 0.15) is 24.2 Å². The van der Waals surface area contributed by atoms with Crippen LogP contribution in [0.2, 0.25) is 0 Å². The summed E-state index contributed by atoms with van der Waals surface area (Å²) in [5.41, 5.74) is 2.94. The van der Waals surface area contributed by atoms with Gasteiger partial charge in [-0.25, -0.2) is 0 Å². The maximum absolute atomic E-state index is 9.93. The Hall–Kier alpha value is -1.34. The summed E-state index contributed by atoms with van der Waals surface area (Å²) in [7, 11) is 0. The third-order valence-corrected chi connectivity index (χ3v) is 2.28. The van der Waals surface area contributed by atoms with Gasteiger partial charge in [0.2, 0.25) is 0 Å². The topological polar surface area (TPSA) is 20.2 Å². The van der Waals surface area contributed by atoms with Crippen LogP contribution in [-0.2, 0) is 0 Å². The number of aryl methyl sites for hydroxylation is 1. The first-order chi connectivity index (χ1) is 6.69. The van der Waals surface area contributed by atoms with Crippen molar-refractivity contribution in [3.63, 3.8) is 0 Å². The van der Waals surface area contributed by atoms with Gasteiger partial charge in [0.1, 0.15) is 6.10 Å². The fourth-order valence-corrected chi connectivity index (χ4v) is 1.33. The largest absolute Gasteiger partial charge is 0.384 e. The zero-order valence-corrected chi connectivity index (χ0v) is 8.70.